The fourth-order valence-electron chi connectivity index (χ4n) is 1.93. The lowest BCUT2D eigenvalue weighted by Crippen LogP contribution is -2.26. The molecular weight excluding hydrogens is 276 g/mol. The summed E-state index contributed by atoms with van der Waals surface area (Å²) >= 11 is 5.82. The largest absolute Gasteiger partial charge is 0.395 e. The molecule has 0 spiro atoms. The SMILES string of the molecule is CCn1nc(C)c(N)c1C(=O)NCc1ccc(Cl)cc1. The van der Waals surface area contributed by atoms with Crippen LogP contribution in [0, 0.1) is 6.92 Å². The lowest BCUT2D eigenvalue weighted by atomic mass is 10.2. The Morgan fingerprint density at radius 3 is 2.65 bits per heavy atom. The molecule has 1 aromatic heterocycles. The van der Waals surface area contributed by atoms with Crippen LogP contribution in [0.15, 0.2) is 24.3 Å². The molecule has 0 radical (unpaired) electrons. The van der Waals surface area contributed by atoms with Crippen LogP contribution in [0.4, 0.5) is 5.69 Å². The molecule has 0 aliphatic heterocycles. The molecule has 1 aromatic carbocycles. The van der Waals surface area contributed by atoms with Gasteiger partial charge in [-0.15, -0.1) is 0 Å². The van der Waals surface area contributed by atoms with E-state index in [0.717, 1.165) is 5.56 Å². The highest BCUT2D eigenvalue weighted by Gasteiger charge is 2.18. The van der Waals surface area contributed by atoms with Gasteiger partial charge in [-0.3, -0.25) is 9.48 Å². The van der Waals surface area contributed by atoms with Gasteiger partial charge >= 0.3 is 0 Å². The molecule has 0 saturated heterocycles. The van der Waals surface area contributed by atoms with Gasteiger partial charge in [-0.25, -0.2) is 0 Å². The van der Waals surface area contributed by atoms with Gasteiger partial charge in [0.05, 0.1) is 11.4 Å². The first-order valence-corrected chi connectivity index (χ1v) is 6.76. The van der Waals surface area contributed by atoms with Gasteiger partial charge in [-0.2, -0.15) is 5.10 Å². The van der Waals surface area contributed by atoms with Gasteiger partial charge in [0.1, 0.15) is 5.69 Å². The van der Waals surface area contributed by atoms with E-state index in [0.29, 0.717) is 35.2 Å². The monoisotopic (exact) mass is 292 g/mol. The smallest absolute Gasteiger partial charge is 0.271 e. The highest BCUT2D eigenvalue weighted by Crippen LogP contribution is 2.16. The van der Waals surface area contributed by atoms with E-state index >= 15 is 0 Å². The van der Waals surface area contributed by atoms with Crippen LogP contribution in [0.2, 0.25) is 5.02 Å². The van der Waals surface area contributed by atoms with E-state index in [1.807, 2.05) is 19.1 Å². The number of nitrogens with one attached hydrogen (secondary N) is 1. The average Bonchev–Trinajstić information content (AvgIpc) is 2.73. The number of hydrogen-bond donors (Lipinski definition) is 2. The van der Waals surface area contributed by atoms with E-state index in [4.69, 9.17) is 17.3 Å². The minimum Gasteiger partial charge on any atom is -0.395 e. The number of aryl methyl sites for hydroxylation is 2. The van der Waals surface area contributed by atoms with Crippen molar-refractivity contribution < 1.29 is 4.79 Å². The van der Waals surface area contributed by atoms with Crippen molar-refractivity contribution in [1.29, 1.82) is 0 Å². The number of hydrogen-bond acceptors (Lipinski definition) is 3. The maximum absolute atomic E-state index is 12.2. The third-order valence-corrected chi connectivity index (χ3v) is 3.31. The number of rotatable bonds is 4. The summed E-state index contributed by atoms with van der Waals surface area (Å²) in [5, 5.41) is 7.74. The van der Waals surface area contributed by atoms with Crippen LogP contribution in [0.25, 0.3) is 0 Å². The van der Waals surface area contributed by atoms with Crippen LogP contribution in [0.1, 0.15) is 28.7 Å². The van der Waals surface area contributed by atoms with E-state index in [1.165, 1.54) is 0 Å². The number of benzene rings is 1. The van der Waals surface area contributed by atoms with Crippen molar-refractivity contribution in [2.24, 2.45) is 0 Å². The van der Waals surface area contributed by atoms with Crippen molar-refractivity contribution in [2.75, 3.05) is 5.73 Å². The second-order valence-corrected chi connectivity index (χ2v) is 4.91. The molecular formula is C14H17ClN4O. The maximum atomic E-state index is 12.2. The number of nitrogens with zero attached hydrogens (tertiary/aromatic N) is 2. The highest BCUT2D eigenvalue weighted by atomic mass is 35.5. The fraction of sp³-hybridized carbons (Fsp3) is 0.286. The summed E-state index contributed by atoms with van der Waals surface area (Å²) < 4.78 is 1.61. The van der Waals surface area contributed by atoms with Crippen molar-refractivity contribution in [3.63, 3.8) is 0 Å². The summed E-state index contributed by atoms with van der Waals surface area (Å²) in [4.78, 5) is 12.2. The third kappa shape index (κ3) is 2.93. The number of amides is 1. The molecule has 1 heterocycles. The zero-order chi connectivity index (χ0) is 14.7. The van der Waals surface area contributed by atoms with Crippen LogP contribution >= 0.6 is 11.6 Å². The minimum atomic E-state index is -0.222. The number of anilines is 1. The molecule has 6 heteroatoms. The lowest BCUT2D eigenvalue weighted by Gasteiger charge is -2.08. The van der Waals surface area contributed by atoms with E-state index in [-0.39, 0.29) is 5.91 Å². The molecule has 0 aliphatic rings. The summed E-state index contributed by atoms with van der Waals surface area (Å²) in [7, 11) is 0. The molecule has 0 aliphatic carbocycles. The molecule has 3 N–H and O–H groups in total. The van der Waals surface area contributed by atoms with Gasteiger partial charge in [0, 0.05) is 18.1 Å². The van der Waals surface area contributed by atoms with Crippen LogP contribution in [-0.2, 0) is 13.1 Å². The Labute approximate surface area is 122 Å². The van der Waals surface area contributed by atoms with Gasteiger partial charge in [0.15, 0.2) is 0 Å². The van der Waals surface area contributed by atoms with Crippen molar-refractivity contribution in [3.05, 3.63) is 46.2 Å². The molecule has 106 valence electrons. The van der Waals surface area contributed by atoms with Crippen molar-refractivity contribution in [2.45, 2.75) is 26.9 Å². The van der Waals surface area contributed by atoms with E-state index in [9.17, 15) is 4.79 Å². The molecule has 0 fully saturated rings. The van der Waals surface area contributed by atoms with E-state index in [1.54, 1.807) is 23.7 Å². The summed E-state index contributed by atoms with van der Waals surface area (Å²) in [6, 6.07) is 7.32. The van der Waals surface area contributed by atoms with Crippen LogP contribution in [0.5, 0.6) is 0 Å². The fourth-order valence-corrected chi connectivity index (χ4v) is 2.06. The lowest BCUT2D eigenvalue weighted by molar-refractivity contribution is 0.0941. The molecule has 0 atom stereocenters. The second-order valence-electron chi connectivity index (χ2n) is 4.47. The number of nitrogens with two attached hydrogens (primary N) is 1. The summed E-state index contributed by atoms with van der Waals surface area (Å²) in [5.74, 6) is -0.222. The van der Waals surface area contributed by atoms with Crippen molar-refractivity contribution in [1.82, 2.24) is 15.1 Å². The topological polar surface area (TPSA) is 72.9 Å². The van der Waals surface area contributed by atoms with Crippen LogP contribution in [0.3, 0.4) is 0 Å². The van der Waals surface area contributed by atoms with Gasteiger partial charge in [0.2, 0.25) is 0 Å². The van der Waals surface area contributed by atoms with Crippen LogP contribution in [-0.4, -0.2) is 15.7 Å². The Morgan fingerprint density at radius 1 is 1.40 bits per heavy atom. The zero-order valence-electron chi connectivity index (χ0n) is 11.5. The predicted octanol–water partition coefficient (Wildman–Crippen LogP) is 2.38. The molecule has 0 bridgehead atoms. The Balaban J connectivity index is 2.11. The first kappa shape index (κ1) is 14.4. The molecule has 2 aromatic rings. The van der Waals surface area contributed by atoms with Crippen molar-refractivity contribution in [3.8, 4) is 0 Å². The normalized spacial score (nSPS) is 10.6. The van der Waals surface area contributed by atoms with Gasteiger partial charge in [-0.1, -0.05) is 23.7 Å². The van der Waals surface area contributed by atoms with E-state index < -0.39 is 0 Å². The molecule has 0 unspecified atom stereocenters. The third-order valence-electron chi connectivity index (χ3n) is 3.05. The maximum Gasteiger partial charge on any atom is 0.271 e. The number of halogens is 1. The number of carbonyl (C=O) groups is 1. The van der Waals surface area contributed by atoms with Gasteiger partial charge < -0.3 is 11.1 Å². The molecule has 0 saturated carbocycles. The number of aromatic nitrogens is 2. The van der Waals surface area contributed by atoms with Gasteiger partial charge in [0.25, 0.3) is 5.91 Å². The second kappa shape index (κ2) is 5.96. The summed E-state index contributed by atoms with van der Waals surface area (Å²) in [6.07, 6.45) is 0. The van der Waals surface area contributed by atoms with Crippen LogP contribution < -0.4 is 11.1 Å². The summed E-state index contributed by atoms with van der Waals surface area (Å²) in [6.45, 7) is 4.73. The number of nitrogen functional groups attached to an aromatic ring is 1. The molecule has 2 rings (SSSR count). The first-order chi connectivity index (χ1) is 9.52. The highest BCUT2D eigenvalue weighted by molar-refractivity contribution is 6.30. The number of carbonyl (C=O) groups excluding carboxylic acids is 1. The Hall–Kier alpha value is -2.01. The Morgan fingerprint density at radius 2 is 2.05 bits per heavy atom. The predicted molar refractivity (Wildman–Crippen MR) is 79.7 cm³/mol. The quantitative estimate of drug-likeness (QED) is 0.908. The zero-order valence-corrected chi connectivity index (χ0v) is 12.2. The van der Waals surface area contributed by atoms with Gasteiger partial charge in [-0.05, 0) is 31.5 Å². The van der Waals surface area contributed by atoms with E-state index in [2.05, 4.69) is 10.4 Å². The minimum absolute atomic E-state index is 0.222. The first-order valence-electron chi connectivity index (χ1n) is 6.38. The molecule has 5 nitrogen and oxygen atoms in total. The average molecular weight is 293 g/mol. The molecule has 20 heavy (non-hydrogen) atoms. The Bertz CT molecular complexity index is 619. The molecule has 1 amide bonds. The Kier molecular flexibility index (Phi) is 4.29. The summed E-state index contributed by atoms with van der Waals surface area (Å²) in [5.41, 5.74) is 8.40. The van der Waals surface area contributed by atoms with Crippen molar-refractivity contribution >= 4 is 23.2 Å². The standard InChI is InChI=1S/C14H17ClN4O/c1-3-19-13(12(16)9(2)18-19)14(20)17-8-10-4-6-11(15)7-5-10/h4-7H,3,8,16H2,1-2H3,(H,17,20).